The number of halogens is 3. The van der Waals surface area contributed by atoms with Gasteiger partial charge in [0.1, 0.15) is 24.7 Å². The fourth-order valence-electron chi connectivity index (χ4n) is 4.75. The summed E-state index contributed by atoms with van der Waals surface area (Å²) in [7, 11) is -4.30. The smallest absolute Gasteiger partial charge is 0.414 e. The molecule has 0 atom stereocenters. The number of benzene rings is 3. The van der Waals surface area contributed by atoms with E-state index < -0.39 is 53.4 Å². The zero-order valence-corrected chi connectivity index (χ0v) is 27.5. The Labute approximate surface area is 291 Å². The fraction of sp³-hybridized carbons (Fsp3) is 0.281. The Balaban J connectivity index is 1.34. The van der Waals surface area contributed by atoms with Gasteiger partial charge in [-0.05, 0) is 43.7 Å². The summed E-state index contributed by atoms with van der Waals surface area (Å²) in [6.07, 6.45) is 2.17. The van der Waals surface area contributed by atoms with Gasteiger partial charge in [-0.1, -0.05) is 41.4 Å². The summed E-state index contributed by atoms with van der Waals surface area (Å²) in [6.45, 7) is -5.14. The highest BCUT2D eigenvalue weighted by molar-refractivity contribution is 7.85. The lowest BCUT2D eigenvalue weighted by Crippen LogP contribution is -2.33. The molecular formula is C32H31Cl2FN4O8S. The Hall–Kier alpha value is -4.37. The van der Waals surface area contributed by atoms with E-state index in [-0.39, 0.29) is 58.1 Å². The van der Waals surface area contributed by atoms with E-state index in [1.54, 1.807) is 37.4 Å². The molecule has 0 aliphatic carbocycles. The SMILES string of the molecule is [2H]C([2H])(OC(=O)N1CCCOc2c(-c3cnn(Cc4c(F)cc(C(=O)NCCS(=O)(=O)O)cc4Cl)c3)cccc21)C([2H])([2H])Oc1cccc(Cl)c1C. The third-order valence-corrected chi connectivity index (χ3v) is 8.62. The maximum absolute atomic E-state index is 15.1. The van der Waals surface area contributed by atoms with Gasteiger partial charge < -0.3 is 19.5 Å². The molecule has 2 N–H and O–H groups in total. The molecule has 1 aromatic heterocycles. The van der Waals surface area contributed by atoms with Crippen LogP contribution in [0.5, 0.6) is 11.5 Å². The van der Waals surface area contributed by atoms with Gasteiger partial charge in [0, 0.05) is 57.1 Å². The summed E-state index contributed by atoms with van der Waals surface area (Å²) in [6, 6.07) is 11.5. The summed E-state index contributed by atoms with van der Waals surface area (Å²) in [5, 5.41) is 6.74. The van der Waals surface area contributed by atoms with Crippen LogP contribution in [0.2, 0.25) is 10.0 Å². The van der Waals surface area contributed by atoms with Crippen LogP contribution >= 0.6 is 23.2 Å². The maximum atomic E-state index is 15.1. The van der Waals surface area contributed by atoms with Gasteiger partial charge in [-0.25, -0.2) is 9.18 Å². The van der Waals surface area contributed by atoms with Crippen molar-refractivity contribution in [2.45, 2.75) is 19.9 Å². The normalized spacial score (nSPS) is 14.7. The Morgan fingerprint density at radius 3 is 2.73 bits per heavy atom. The van der Waals surface area contributed by atoms with Crippen LogP contribution in [0.1, 0.15) is 33.4 Å². The van der Waals surface area contributed by atoms with E-state index in [0.29, 0.717) is 23.1 Å². The van der Waals surface area contributed by atoms with Crippen molar-refractivity contribution in [3.63, 3.8) is 0 Å². The van der Waals surface area contributed by atoms with Crippen molar-refractivity contribution < 1.29 is 46.6 Å². The van der Waals surface area contributed by atoms with Crippen LogP contribution in [0.25, 0.3) is 11.1 Å². The first-order chi connectivity index (χ1) is 24.4. The highest BCUT2D eigenvalue weighted by Crippen LogP contribution is 2.40. The predicted octanol–water partition coefficient (Wildman–Crippen LogP) is 5.77. The number of carbonyl (C=O) groups is 2. The predicted molar refractivity (Wildman–Crippen MR) is 177 cm³/mol. The molecule has 0 saturated carbocycles. The molecule has 4 aromatic rings. The Bertz CT molecular complexity index is 2100. The Kier molecular flexibility index (Phi) is 9.44. The van der Waals surface area contributed by atoms with Crippen LogP contribution in [0.3, 0.4) is 0 Å². The van der Waals surface area contributed by atoms with Crippen molar-refractivity contribution in [3.8, 4) is 22.6 Å². The van der Waals surface area contributed by atoms with Crippen molar-refractivity contribution in [2.24, 2.45) is 0 Å². The minimum Gasteiger partial charge on any atom is -0.491 e. The summed E-state index contributed by atoms with van der Waals surface area (Å²) in [4.78, 5) is 26.9. The van der Waals surface area contributed by atoms with Crippen LogP contribution in [0.4, 0.5) is 14.9 Å². The molecule has 0 saturated heterocycles. The molecule has 16 heteroatoms. The second kappa shape index (κ2) is 15.2. The number of nitrogens with zero attached hydrogens (tertiary/aromatic N) is 3. The number of amides is 2. The van der Waals surface area contributed by atoms with E-state index in [2.05, 4.69) is 10.4 Å². The van der Waals surface area contributed by atoms with Crippen LogP contribution in [0, 0.1) is 12.7 Å². The van der Waals surface area contributed by atoms with Gasteiger partial charge in [0.15, 0.2) is 5.75 Å². The molecule has 0 bridgehead atoms. The van der Waals surface area contributed by atoms with E-state index in [1.807, 2.05) is 0 Å². The van der Waals surface area contributed by atoms with Crippen LogP contribution in [0.15, 0.2) is 60.9 Å². The molecule has 0 unspecified atom stereocenters. The third-order valence-electron chi connectivity index (χ3n) is 7.15. The summed E-state index contributed by atoms with van der Waals surface area (Å²) in [5.74, 6) is -2.14. The van der Waals surface area contributed by atoms with E-state index >= 15 is 4.39 Å². The van der Waals surface area contributed by atoms with Crippen molar-refractivity contribution in [1.29, 1.82) is 0 Å². The van der Waals surface area contributed by atoms with Crippen molar-refractivity contribution in [1.82, 2.24) is 15.1 Å². The summed E-state index contributed by atoms with van der Waals surface area (Å²) in [5.41, 5.74) is 1.40. The number of anilines is 1. The Morgan fingerprint density at radius 2 is 1.96 bits per heavy atom. The topological polar surface area (TPSA) is 149 Å². The lowest BCUT2D eigenvalue weighted by molar-refractivity contribution is 0.0955. The molecule has 48 heavy (non-hydrogen) atoms. The van der Waals surface area contributed by atoms with Gasteiger partial charge in [-0.3, -0.25) is 18.9 Å². The molecule has 2 heterocycles. The number of ether oxygens (including phenoxy) is 3. The highest BCUT2D eigenvalue weighted by Gasteiger charge is 2.26. The second-order valence-electron chi connectivity index (χ2n) is 10.4. The number of fused-ring (bicyclic) bond motifs is 1. The lowest BCUT2D eigenvalue weighted by atomic mass is 10.1. The molecule has 1 aliphatic heterocycles. The molecule has 0 radical (unpaired) electrons. The fourth-order valence-corrected chi connectivity index (χ4v) is 5.54. The van der Waals surface area contributed by atoms with Gasteiger partial charge in [0.2, 0.25) is 0 Å². The largest absolute Gasteiger partial charge is 0.491 e. The summed E-state index contributed by atoms with van der Waals surface area (Å²) < 4.78 is 96.7. The van der Waals surface area contributed by atoms with Gasteiger partial charge in [-0.2, -0.15) is 13.5 Å². The van der Waals surface area contributed by atoms with E-state index in [4.69, 9.17) is 47.4 Å². The minimum atomic E-state index is -4.30. The number of nitrogens with one attached hydrogen (secondary N) is 1. The minimum absolute atomic E-state index is 0.00602. The first-order valence-electron chi connectivity index (χ1n) is 16.3. The second-order valence-corrected chi connectivity index (χ2v) is 12.8. The molecule has 0 spiro atoms. The van der Waals surface area contributed by atoms with E-state index in [9.17, 15) is 18.0 Å². The van der Waals surface area contributed by atoms with Crippen molar-refractivity contribution in [2.75, 3.05) is 43.5 Å². The number of carbonyl (C=O) groups excluding carboxylic acids is 2. The maximum Gasteiger partial charge on any atom is 0.414 e. The van der Waals surface area contributed by atoms with Crippen LogP contribution < -0.4 is 19.7 Å². The number of hydrogen-bond acceptors (Lipinski definition) is 8. The summed E-state index contributed by atoms with van der Waals surface area (Å²) >= 11 is 12.4. The number of aromatic nitrogens is 2. The zero-order valence-electron chi connectivity index (χ0n) is 29.2. The quantitative estimate of drug-likeness (QED) is 0.184. The average molecular weight is 726 g/mol. The number of hydrogen-bond donors (Lipinski definition) is 2. The van der Waals surface area contributed by atoms with Crippen LogP contribution in [-0.2, 0) is 21.4 Å². The molecule has 12 nitrogen and oxygen atoms in total. The standard InChI is InChI=1S/C32H31Cl2FN4O8S/c1-20-25(33)6-3-8-29(20)45-12-13-47-32(41)39-10-4-11-46-30-23(5-2-7-28(30)39)22-17-37-38(18-22)19-24-26(34)15-21(16-27(24)35)31(40)36-9-14-48(42,43)44/h2-3,5-8,15-18H,4,9-14,19H2,1H3,(H,36,40)(H,42,43,44)/i12D2,13D2. The van der Waals surface area contributed by atoms with Gasteiger partial charge in [0.25, 0.3) is 16.0 Å². The molecule has 254 valence electrons. The third kappa shape index (κ3) is 8.55. The average Bonchev–Trinajstić information content (AvgIpc) is 3.41. The van der Waals surface area contributed by atoms with E-state index in [1.165, 1.54) is 29.1 Å². The molecule has 0 fully saturated rings. The Morgan fingerprint density at radius 1 is 1.17 bits per heavy atom. The first kappa shape index (κ1) is 29.7. The lowest BCUT2D eigenvalue weighted by Gasteiger charge is -2.22. The zero-order chi connectivity index (χ0) is 38.0. The molecule has 5 rings (SSSR count). The first-order valence-corrected chi connectivity index (χ1v) is 16.7. The van der Waals surface area contributed by atoms with Crippen molar-refractivity contribution >= 4 is 51.0 Å². The van der Waals surface area contributed by atoms with E-state index in [0.717, 1.165) is 11.0 Å². The molecule has 3 aromatic carbocycles. The number of rotatable bonds is 11. The number of para-hydroxylation sites is 1. The van der Waals surface area contributed by atoms with Crippen LogP contribution in [-0.4, -0.2) is 73.3 Å². The molecule has 1 aliphatic rings. The van der Waals surface area contributed by atoms with Gasteiger partial charge in [0.05, 0.1) is 36.3 Å². The van der Waals surface area contributed by atoms with Crippen molar-refractivity contribution in [3.05, 3.63) is 93.5 Å². The monoisotopic (exact) mass is 724 g/mol. The highest BCUT2D eigenvalue weighted by atomic mass is 35.5. The van der Waals surface area contributed by atoms with Gasteiger partial charge >= 0.3 is 6.09 Å². The van der Waals surface area contributed by atoms with Gasteiger partial charge in [-0.15, -0.1) is 0 Å². The molecular weight excluding hydrogens is 690 g/mol. The molecule has 2 amide bonds.